The van der Waals surface area contributed by atoms with E-state index in [1.165, 1.54) is 69.9 Å². The molecule has 0 spiro atoms. The molecule has 1 aliphatic rings. The Morgan fingerprint density at radius 1 is 0.853 bits per heavy atom. The van der Waals surface area contributed by atoms with Crippen LogP contribution in [0.15, 0.2) is 42.5 Å². The standard InChI is InChI=1S/C29H39FO4/c1-3-5-6-8-22-10-12-23(13-11-22)9-7-20-33-25-15-17-26(18-16-25)34-29(31)24-14-19-28(32-4-2)27(30)21-24/h14-19,21-23H,3-13,20H2,1-2H3/t22-,23-. The lowest BCUT2D eigenvalue weighted by Gasteiger charge is -2.28. The molecule has 0 amide bonds. The van der Waals surface area contributed by atoms with Crippen molar-refractivity contribution in [2.75, 3.05) is 13.2 Å². The Morgan fingerprint density at radius 3 is 2.12 bits per heavy atom. The van der Waals surface area contributed by atoms with Crippen LogP contribution in [0.1, 0.15) is 88.4 Å². The molecule has 4 nitrogen and oxygen atoms in total. The predicted octanol–water partition coefficient (Wildman–Crippen LogP) is 7.99. The first kappa shape index (κ1) is 26.1. The summed E-state index contributed by atoms with van der Waals surface area (Å²) in [6.07, 6.45) is 13.4. The molecule has 0 N–H and O–H groups in total. The predicted molar refractivity (Wildman–Crippen MR) is 133 cm³/mol. The van der Waals surface area contributed by atoms with Crippen molar-refractivity contribution >= 4 is 5.97 Å². The fraction of sp³-hybridized carbons (Fsp3) is 0.552. The van der Waals surface area contributed by atoms with Gasteiger partial charge in [0, 0.05) is 0 Å². The minimum atomic E-state index is -0.615. The van der Waals surface area contributed by atoms with E-state index >= 15 is 0 Å². The van der Waals surface area contributed by atoms with Gasteiger partial charge < -0.3 is 14.2 Å². The van der Waals surface area contributed by atoms with Crippen LogP contribution in [0.25, 0.3) is 0 Å². The average Bonchev–Trinajstić information content (AvgIpc) is 2.85. The zero-order valence-corrected chi connectivity index (χ0v) is 20.7. The molecule has 0 saturated heterocycles. The van der Waals surface area contributed by atoms with Crippen molar-refractivity contribution in [2.45, 2.75) is 78.1 Å². The highest BCUT2D eigenvalue weighted by Gasteiger charge is 2.20. The average molecular weight is 471 g/mol. The van der Waals surface area contributed by atoms with Crippen molar-refractivity contribution in [3.8, 4) is 17.2 Å². The molecule has 1 saturated carbocycles. The van der Waals surface area contributed by atoms with Gasteiger partial charge in [0.2, 0.25) is 0 Å². The maximum atomic E-state index is 14.0. The van der Waals surface area contributed by atoms with Crippen molar-refractivity contribution in [2.24, 2.45) is 11.8 Å². The summed E-state index contributed by atoms with van der Waals surface area (Å²) >= 11 is 0. The minimum Gasteiger partial charge on any atom is -0.494 e. The monoisotopic (exact) mass is 470 g/mol. The van der Waals surface area contributed by atoms with Crippen molar-refractivity contribution in [1.82, 2.24) is 0 Å². The third kappa shape index (κ3) is 8.34. The fourth-order valence-corrected chi connectivity index (χ4v) is 4.72. The number of hydrogen-bond donors (Lipinski definition) is 0. The number of unbranched alkanes of at least 4 members (excludes halogenated alkanes) is 2. The summed E-state index contributed by atoms with van der Waals surface area (Å²) < 4.78 is 30.4. The van der Waals surface area contributed by atoms with Gasteiger partial charge in [-0.3, -0.25) is 0 Å². The summed E-state index contributed by atoms with van der Waals surface area (Å²) in [5.74, 6) is 1.88. The van der Waals surface area contributed by atoms with Gasteiger partial charge in [0.25, 0.3) is 0 Å². The van der Waals surface area contributed by atoms with Crippen LogP contribution in [0.5, 0.6) is 17.2 Å². The summed E-state index contributed by atoms with van der Waals surface area (Å²) in [5.41, 5.74) is 0.135. The van der Waals surface area contributed by atoms with Gasteiger partial charge in [-0.2, -0.15) is 0 Å². The molecule has 34 heavy (non-hydrogen) atoms. The quantitative estimate of drug-likeness (QED) is 0.169. The van der Waals surface area contributed by atoms with Gasteiger partial charge >= 0.3 is 5.97 Å². The minimum absolute atomic E-state index is 0.121. The number of carbonyl (C=O) groups excluding carboxylic acids is 1. The van der Waals surface area contributed by atoms with Crippen LogP contribution in [-0.4, -0.2) is 19.2 Å². The van der Waals surface area contributed by atoms with Gasteiger partial charge in [0.05, 0.1) is 18.8 Å². The second-order valence-electron chi connectivity index (χ2n) is 9.31. The van der Waals surface area contributed by atoms with E-state index in [1.807, 2.05) is 0 Å². The molecule has 0 radical (unpaired) electrons. The van der Waals surface area contributed by atoms with E-state index in [0.29, 0.717) is 19.0 Å². The van der Waals surface area contributed by atoms with Gasteiger partial charge in [0.15, 0.2) is 11.6 Å². The molecule has 0 atom stereocenters. The molecule has 0 unspecified atom stereocenters. The molecule has 1 fully saturated rings. The summed E-state index contributed by atoms with van der Waals surface area (Å²) in [6.45, 7) is 5.10. The first-order valence-electron chi connectivity index (χ1n) is 13.0. The number of esters is 1. The maximum Gasteiger partial charge on any atom is 0.343 e. The number of hydrogen-bond acceptors (Lipinski definition) is 4. The molecule has 0 bridgehead atoms. The van der Waals surface area contributed by atoms with Gasteiger partial charge in [-0.1, -0.05) is 58.3 Å². The van der Waals surface area contributed by atoms with Gasteiger partial charge in [0.1, 0.15) is 11.5 Å². The van der Waals surface area contributed by atoms with Crippen LogP contribution in [0.2, 0.25) is 0 Å². The van der Waals surface area contributed by atoms with Crippen LogP contribution < -0.4 is 14.2 Å². The molecule has 2 aromatic carbocycles. The molecule has 1 aliphatic carbocycles. The van der Waals surface area contributed by atoms with E-state index in [9.17, 15) is 9.18 Å². The first-order chi connectivity index (χ1) is 16.6. The Hall–Kier alpha value is -2.56. The van der Waals surface area contributed by atoms with E-state index in [4.69, 9.17) is 14.2 Å². The highest BCUT2D eigenvalue weighted by atomic mass is 19.1. The van der Waals surface area contributed by atoms with Gasteiger partial charge in [-0.25, -0.2) is 9.18 Å². The summed E-state index contributed by atoms with van der Waals surface area (Å²) in [5, 5.41) is 0. The molecular weight excluding hydrogens is 431 g/mol. The zero-order valence-electron chi connectivity index (χ0n) is 20.7. The normalized spacial score (nSPS) is 17.9. The van der Waals surface area contributed by atoms with Gasteiger partial charge in [-0.15, -0.1) is 0 Å². The smallest absolute Gasteiger partial charge is 0.343 e. The van der Waals surface area contributed by atoms with Crippen LogP contribution in [-0.2, 0) is 0 Å². The Kier molecular flexibility index (Phi) is 10.7. The van der Waals surface area contributed by atoms with E-state index in [0.717, 1.165) is 30.1 Å². The topological polar surface area (TPSA) is 44.8 Å². The summed E-state index contributed by atoms with van der Waals surface area (Å²) in [7, 11) is 0. The second kappa shape index (κ2) is 14.0. The zero-order chi connectivity index (χ0) is 24.2. The van der Waals surface area contributed by atoms with E-state index in [1.54, 1.807) is 31.2 Å². The van der Waals surface area contributed by atoms with E-state index in [2.05, 4.69) is 6.92 Å². The van der Waals surface area contributed by atoms with Gasteiger partial charge in [-0.05, 0) is 74.1 Å². The van der Waals surface area contributed by atoms with Crippen molar-refractivity contribution in [3.63, 3.8) is 0 Å². The third-order valence-electron chi connectivity index (χ3n) is 6.71. The van der Waals surface area contributed by atoms with E-state index in [-0.39, 0.29) is 11.3 Å². The largest absolute Gasteiger partial charge is 0.494 e. The van der Waals surface area contributed by atoms with Crippen molar-refractivity contribution in [1.29, 1.82) is 0 Å². The summed E-state index contributed by atoms with van der Waals surface area (Å²) in [6, 6.07) is 11.0. The lowest BCUT2D eigenvalue weighted by Crippen LogP contribution is -2.15. The molecule has 3 rings (SSSR count). The Labute approximate surface area is 203 Å². The third-order valence-corrected chi connectivity index (χ3v) is 6.71. The highest BCUT2D eigenvalue weighted by Crippen LogP contribution is 2.34. The van der Waals surface area contributed by atoms with Crippen LogP contribution in [0.3, 0.4) is 0 Å². The number of ether oxygens (including phenoxy) is 3. The molecule has 0 heterocycles. The molecule has 186 valence electrons. The van der Waals surface area contributed by atoms with Crippen LogP contribution in [0, 0.1) is 17.7 Å². The van der Waals surface area contributed by atoms with Crippen LogP contribution >= 0.6 is 0 Å². The second-order valence-corrected chi connectivity index (χ2v) is 9.31. The fourth-order valence-electron chi connectivity index (χ4n) is 4.72. The molecular formula is C29H39FO4. The number of halogens is 1. The lowest BCUT2D eigenvalue weighted by atomic mass is 9.78. The number of benzene rings is 2. The molecule has 0 aliphatic heterocycles. The highest BCUT2D eigenvalue weighted by molar-refractivity contribution is 5.91. The molecule has 0 aromatic heterocycles. The van der Waals surface area contributed by atoms with E-state index < -0.39 is 11.8 Å². The van der Waals surface area contributed by atoms with Crippen molar-refractivity contribution in [3.05, 3.63) is 53.8 Å². The molecule has 5 heteroatoms. The Bertz CT molecular complexity index is 872. The van der Waals surface area contributed by atoms with Crippen molar-refractivity contribution < 1.29 is 23.4 Å². The SMILES string of the molecule is CCCCC[C@H]1CC[C@H](CCCOc2ccc(OC(=O)c3ccc(OCC)c(F)c3)cc2)CC1. The number of rotatable bonds is 13. The lowest BCUT2D eigenvalue weighted by molar-refractivity contribution is 0.0734. The van der Waals surface area contributed by atoms with Crippen LogP contribution in [0.4, 0.5) is 4.39 Å². The molecule has 2 aromatic rings. The first-order valence-corrected chi connectivity index (χ1v) is 13.0. The maximum absolute atomic E-state index is 14.0. The Balaban J connectivity index is 1.34. The Morgan fingerprint density at radius 2 is 1.50 bits per heavy atom. The summed E-state index contributed by atoms with van der Waals surface area (Å²) in [4.78, 5) is 12.3. The number of carbonyl (C=O) groups is 1.